The van der Waals surface area contributed by atoms with Gasteiger partial charge in [-0.25, -0.2) is 4.79 Å². The first-order chi connectivity index (χ1) is 5.61. The van der Waals surface area contributed by atoms with Gasteiger partial charge in [-0.05, 0) is 18.3 Å². The number of hydrogen-bond acceptors (Lipinski definition) is 1. The Morgan fingerprint density at radius 2 is 2.08 bits per heavy atom. The monoisotopic (exact) mass is 170 g/mol. The van der Waals surface area contributed by atoms with Gasteiger partial charge in [-0.3, -0.25) is 0 Å². The highest BCUT2D eigenvalue weighted by Gasteiger charge is 2.27. The predicted octanol–water partition coefficient (Wildman–Crippen LogP) is 1.48. The van der Waals surface area contributed by atoms with E-state index >= 15 is 0 Å². The number of carbonyl (C=O) groups excluding carboxylic acids is 1. The van der Waals surface area contributed by atoms with Crippen LogP contribution in [-0.4, -0.2) is 12.1 Å². The number of carbonyl (C=O) groups is 1. The molecule has 12 heavy (non-hydrogen) atoms. The molecule has 3 heteroatoms. The van der Waals surface area contributed by atoms with Crippen LogP contribution >= 0.6 is 0 Å². The number of amides is 2. The lowest BCUT2D eigenvalue weighted by molar-refractivity contribution is 0.199. The summed E-state index contributed by atoms with van der Waals surface area (Å²) in [7, 11) is 0. The molecule has 0 heterocycles. The van der Waals surface area contributed by atoms with Crippen LogP contribution in [0, 0.1) is 11.8 Å². The third kappa shape index (κ3) is 2.13. The Labute approximate surface area is 73.7 Å². The molecule has 1 aliphatic carbocycles. The van der Waals surface area contributed by atoms with Gasteiger partial charge in [0.2, 0.25) is 0 Å². The molecule has 0 bridgehead atoms. The Hall–Kier alpha value is -0.730. The summed E-state index contributed by atoms with van der Waals surface area (Å²) >= 11 is 0. The second-order valence-electron chi connectivity index (χ2n) is 3.88. The van der Waals surface area contributed by atoms with Crippen molar-refractivity contribution in [2.45, 2.75) is 39.2 Å². The fraction of sp³-hybridized carbons (Fsp3) is 0.889. The standard InChI is InChI=1S/C9H18N2O/c1-6-4-3-5-8(7(6)2)11-9(10)12/h6-8H,3-5H2,1-2H3,(H3,10,11,12)/t6-,7-,8-/m1/s1. The van der Waals surface area contributed by atoms with Crippen molar-refractivity contribution in [1.82, 2.24) is 5.32 Å². The van der Waals surface area contributed by atoms with Gasteiger partial charge in [0.05, 0.1) is 0 Å². The van der Waals surface area contributed by atoms with E-state index in [2.05, 4.69) is 19.2 Å². The predicted molar refractivity (Wildman–Crippen MR) is 48.7 cm³/mol. The maximum Gasteiger partial charge on any atom is 0.312 e. The van der Waals surface area contributed by atoms with E-state index in [0.717, 1.165) is 6.42 Å². The molecule has 3 nitrogen and oxygen atoms in total. The van der Waals surface area contributed by atoms with Crippen molar-refractivity contribution < 1.29 is 4.79 Å². The van der Waals surface area contributed by atoms with E-state index < -0.39 is 0 Å². The summed E-state index contributed by atoms with van der Waals surface area (Å²) in [4.78, 5) is 10.6. The van der Waals surface area contributed by atoms with E-state index in [9.17, 15) is 4.79 Å². The molecular weight excluding hydrogens is 152 g/mol. The highest BCUT2D eigenvalue weighted by atomic mass is 16.2. The topological polar surface area (TPSA) is 55.1 Å². The Morgan fingerprint density at radius 3 is 2.67 bits per heavy atom. The van der Waals surface area contributed by atoms with Crippen LogP contribution in [-0.2, 0) is 0 Å². The van der Waals surface area contributed by atoms with Crippen molar-refractivity contribution in [3.63, 3.8) is 0 Å². The van der Waals surface area contributed by atoms with Gasteiger partial charge in [0.1, 0.15) is 0 Å². The van der Waals surface area contributed by atoms with Gasteiger partial charge in [0.25, 0.3) is 0 Å². The molecular formula is C9H18N2O. The Bertz CT molecular complexity index is 170. The fourth-order valence-corrected chi connectivity index (χ4v) is 1.97. The quantitative estimate of drug-likeness (QED) is 0.615. The molecule has 2 amide bonds. The van der Waals surface area contributed by atoms with Crippen LogP contribution < -0.4 is 11.1 Å². The molecule has 1 saturated carbocycles. The first-order valence-corrected chi connectivity index (χ1v) is 4.67. The van der Waals surface area contributed by atoms with Crippen LogP contribution in [0.4, 0.5) is 4.79 Å². The van der Waals surface area contributed by atoms with Crippen LogP contribution in [0.3, 0.4) is 0 Å². The summed E-state index contributed by atoms with van der Waals surface area (Å²) < 4.78 is 0. The van der Waals surface area contributed by atoms with Gasteiger partial charge in [-0.15, -0.1) is 0 Å². The van der Waals surface area contributed by atoms with Gasteiger partial charge in [0.15, 0.2) is 0 Å². The molecule has 1 rings (SSSR count). The first kappa shape index (κ1) is 9.36. The van der Waals surface area contributed by atoms with Crippen LogP contribution in [0.25, 0.3) is 0 Å². The van der Waals surface area contributed by atoms with Crippen LogP contribution in [0.15, 0.2) is 0 Å². The molecule has 0 radical (unpaired) electrons. The molecule has 0 aromatic rings. The van der Waals surface area contributed by atoms with E-state index in [1.807, 2.05) is 0 Å². The Morgan fingerprint density at radius 1 is 1.42 bits per heavy atom. The van der Waals surface area contributed by atoms with E-state index in [-0.39, 0.29) is 6.03 Å². The summed E-state index contributed by atoms with van der Waals surface area (Å²) in [6, 6.07) is -0.0906. The van der Waals surface area contributed by atoms with E-state index in [4.69, 9.17) is 5.73 Å². The lowest BCUT2D eigenvalue weighted by Crippen LogP contribution is -2.45. The van der Waals surface area contributed by atoms with E-state index in [1.54, 1.807) is 0 Å². The smallest absolute Gasteiger partial charge is 0.312 e. The molecule has 3 atom stereocenters. The van der Waals surface area contributed by atoms with Gasteiger partial charge < -0.3 is 11.1 Å². The molecule has 3 N–H and O–H groups in total. The third-order valence-corrected chi connectivity index (χ3v) is 3.03. The van der Waals surface area contributed by atoms with Gasteiger partial charge in [-0.1, -0.05) is 26.7 Å². The SMILES string of the molecule is C[C@@H]1[C@H](C)CCC[C@H]1NC(N)=O. The third-order valence-electron chi connectivity index (χ3n) is 3.03. The van der Waals surface area contributed by atoms with Crippen LogP contribution in [0.1, 0.15) is 33.1 Å². The van der Waals surface area contributed by atoms with Gasteiger partial charge >= 0.3 is 6.03 Å². The fourth-order valence-electron chi connectivity index (χ4n) is 1.97. The summed E-state index contributed by atoms with van der Waals surface area (Å²) in [5, 5.41) is 2.80. The molecule has 0 unspecified atom stereocenters. The van der Waals surface area contributed by atoms with Crippen molar-refractivity contribution >= 4 is 6.03 Å². The Kier molecular flexibility index (Phi) is 2.95. The zero-order valence-electron chi connectivity index (χ0n) is 7.84. The number of nitrogens with two attached hydrogens (primary N) is 1. The van der Waals surface area contributed by atoms with Gasteiger partial charge in [0, 0.05) is 6.04 Å². The van der Waals surface area contributed by atoms with E-state index in [0.29, 0.717) is 17.9 Å². The number of urea groups is 1. The highest BCUT2D eigenvalue weighted by molar-refractivity contribution is 5.72. The second kappa shape index (κ2) is 3.78. The molecule has 1 aliphatic rings. The summed E-state index contributed by atoms with van der Waals surface area (Å²) in [5.74, 6) is 1.27. The molecule has 70 valence electrons. The minimum absolute atomic E-state index is 0.297. The average Bonchev–Trinajstić information content (AvgIpc) is 1.98. The Balaban J connectivity index is 2.46. The zero-order valence-corrected chi connectivity index (χ0v) is 7.84. The largest absolute Gasteiger partial charge is 0.352 e. The zero-order chi connectivity index (χ0) is 9.14. The maximum absolute atomic E-state index is 10.6. The number of rotatable bonds is 1. The molecule has 0 aromatic heterocycles. The lowest BCUT2D eigenvalue weighted by Gasteiger charge is -2.34. The summed E-state index contributed by atoms with van der Waals surface area (Å²) in [6.07, 6.45) is 3.56. The summed E-state index contributed by atoms with van der Waals surface area (Å²) in [6.45, 7) is 4.42. The van der Waals surface area contributed by atoms with Crippen molar-refractivity contribution in [2.24, 2.45) is 17.6 Å². The number of nitrogens with one attached hydrogen (secondary N) is 1. The lowest BCUT2D eigenvalue weighted by atomic mass is 9.78. The summed E-state index contributed by atoms with van der Waals surface area (Å²) in [5.41, 5.74) is 5.08. The maximum atomic E-state index is 10.6. The highest BCUT2D eigenvalue weighted by Crippen LogP contribution is 2.29. The van der Waals surface area contributed by atoms with Crippen molar-refractivity contribution in [3.8, 4) is 0 Å². The molecule has 0 aromatic carbocycles. The van der Waals surface area contributed by atoms with E-state index in [1.165, 1.54) is 12.8 Å². The first-order valence-electron chi connectivity index (χ1n) is 4.67. The normalized spacial score (nSPS) is 36.0. The van der Waals surface area contributed by atoms with Gasteiger partial charge in [-0.2, -0.15) is 0 Å². The molecule has 0 saturated heterocycles. The molecule has 1 fully saturated rings. The second-order valence-corrected chi connectivity index (χ2v) is 3.88. The van der Waals surface area contributed by atoms with Crippen molar-refractivity contribution in [3.05, 3.63) is 0 Å². The van der Waals surface area contributed by atoms with Crippen molar-refractivity contribution in [1.29, 1.82) is 0 Å². The number of primary amides is 1. The molecule has 0 spiro atoms. The molecule has 0 aliphatic heterocycles. The van der Waals surface area contributed by atoms with Crippen molar-refractivity contribution in [2.75, 3.05) is 0 Å². The number of hydrogen-bond donors (Lipinski definition) is 2. The average molecular weight is 170 g/mol. The van der Waals surface area contributed by atoms with Crippen LogP contribution in [0.2, 0.25) is 0 Å². The van der Waals surface area contributed by atoms with Crippen LogP contribution in [0.5, 0.6) is 0 Å². The minimum Gasteiger partial charge on any atom is -0.352 e. The minimum atomic E-state index is -0.388.